The minimum atomic E-state index is 0.492. The standard InChI is InChI=1S/C18H30BrN/c1-5-6-7-8-9-10-11-17(20-4)16-12-14(2)18(19)15(3)13-16/h12-13,17,20H,5-11H2,1-4H3. The van der Waals surface area contributed by atoms with Crippen LogP contribution in [0.5, 0.6) is 0 Å². The van der Waals surface area contributed by atoms with Gasteiger partial charge in [-0.15, -0.1) is 0 Å². The van der Waals surface area contributed by atoms with Gasteiger partial charge in [0.25, 0.3) is 0 Å². The van der Waals surface area contributed by atoms with E-state index in [1.807, 2.05) is 0 Å². The Morgan fingerprint density at radius 1 is 1.00 bits per heavy atom. The van der Waals surface area contributed by atoms with Crippen molar-refractivity contribution in [3.8, 4) is 0 Å². The number of aryl methyl sites for hydroxylation is 2. The number of halogens is 1. The summed E-state index contributed by atoms with van der Waals surface area (Å²) in [5.41, 5.74) is 4.10. The fourth-order valence-electron chi connectivity index (χ4n) is 2.79. The fourth-order valence-corrected chi connectivity index (χ4v) is 3.02. The van der Waals surface area contributed by atoms with Crippen molar-refractivity contribution in [1.82, 2.24) is 5.32 Å². The topological polar surface area (TPSA) is 12.0 Å². The molecule has 1 aromatic rings. The molecule has 0 fully saturated rings. The van der Waals surface area contributed by atoms with Crippen LogP contribution in [-0.2, 0) is 0 Å². The Balaban J connectivity index is 2.50. The molecule has 1 aromatic carbocycles. The monoisotopic (exact) mass is 339 g/mol. The molecule has 114 valence electrons. The third-order valence-corrected chi connectivity index (χ3v) is 5.31. The SMILES string of the molecule is CCCCCCCCC(NC)c1cc(C)c(Br)c(C)c1. The van der Waals surface area contributed by atoms with Gasteiger partial charge in [-0.2, -0.15) is 0 Å². The summed E-state index contributed by atoms with van der Waals surface area (Å²) in [6.07, 6.45) is 9.44. The van der Waals surface area contributed by atoms with Gasteiger partial charge in [0.1, 0.15) is 0 Å². The van der Waals surface area contributed by atoms with Gasteiger partial charge in [0.05, 0.1) is 0 Å². The van der Waals surface area contributed by atoms with Crippen molar-refractivity contribution in [2.45, 2.75) is 71.8 Å². The van der Waals surface area contributed by atoms with Crippen LogP contribution < -0.4 is 5.32 Å². The Kier molecular flexibility index (Phi) is 8.47. The lowest BCUT2D eigenvalue weighted by atomic mass is 9.96. The highest BCUT2D eigenvalue weighted by atomic mass is 79.9. The largest absolute Gasteiger partial charge is 0.313 e. The Labute approximate surface area is 133 Å². The number of hydrogen-bond donors (Lipinski definition) is 1. The molecule has 0 spiro atoms. The first-order valence-electron chi connectivity index (χ1n) is 8.04. The molecule has 0 saturated carbocycles. The molecule has 1 atom stereocenters. The summed E-state index contributed by atoms with van der Waals surface area (Å²) in [6.45, 7) is 6.63. The van der Waals surface area contributed by atoms with Gasteiger partial charge in [0, 0.05) is 10.5 Å². The van der Waals surface area contributed by atoms with Crippen molar-refractivity contribution >= 4 is 15.9 Å². The third-order valence-electron chi connectivity index (χ3n) is 4.06. The number of unbranched alkanes of at least 4 members (excludes halogenated alkanes) is 5. The van der Waals surface area contributed by atoms with Crippen LogP contribution >= 0.6 is 15.9 Å². The molecule has 0 aliphatic heterocycles. The number of nitrogens with one attached hydrogen (secondary N) is 1. The van der Waals surface area contributed by atoms with Crippen LogP contribution in [0, 0.1) is 13.8 Å². The van der Waals surface area contributed by atoms with Crippen LogP contribution in [0.15, 0.2) is 16.6 Å². The highest BCUT2D eigenvalue weighted by Gasteiger charge is 2.11. The molecule has 0 bridgehead atoms. The zero-order chi connectivity index (χ0) is 15.0. The minimum absolute atomic E-state index is 0.492. The number of hydrogen-bond acceptors (Lipinski definition) is 1. The molecule has 20 heavy (non-hydrogen) atoms. The van der Waals surface area contributed by atoms with Crippen LogP contribution in [0.4, 0.5) is 0 Å². The van der Waals surface area contributed by atoms with E-state index in [4.69, 9.17) is 0 Å². The Bertz CT molecular complexity index is 377. The van der Waals surface area contributed by atoms with Crippen molar-refractivity contribution in [3.05, 3.63) is 33.3 Å². The summed E-state index contributed by atoms with van der Waals surface area (Å²) in [4.78, 5) is 0. The summed E-state index contributed by atoms with van der Waals surface area (Å²) >= 11 is 3.65. The van der Waals surface area contributed by atoms with Gasteiger partial charge < -0.3 is 5.32 Å². The Morgan fingerprint density at radius 3 is 2.10 bits per heavy atom. The number of rotatable bonds is 9. The fraction of sp³-hybridized carbons (Fsp3) is 0.667. The van der Waals surface area contributed by atoms with E-state index in [-0.39, 0.29) is 0 Å². The first-order valence-corrected chi connectivity index (χ1v) is 8.83. The van der Waals surface area contributed by atoms with Crippen LogP contribution in [0.3, 0.4) is 0 Å². The Hall–Kier alpha value is -0.340. The van der Waals surface area contributed by atoms with Crippen LogP contribution in [0.1, 0.15) is 74.6 Å². The van der Waals surface area contributed by atoms with E-state index < -0.39 is 0 Å². The zero-order valence-corrected chi connectivity index (χ0v) is 15.1. The molecule has 1 nitrogen and oxygen atoms in total. The van der Waals surface area contributed by atoms with Gasteiger partial charge in [-0.1, -0.05) is 73.5 Å². The molecular weight excluding hydrogens is 310 g/mol. The highest BCUT2D eigenvalue weighted by Crippen LogP contribution is 2.27. The molecule has 0 amide bonds. The molecule has 0 heterocycles. The van der Waals surface area contributed by atoms with E-state index in [1.165, 1.54) is 66.1 Å². The molecular formula is C18H30BrN. The smallest absolute Gasteiger partial charge is 0.0317 e. The predicted octanol–water partition coefficient (Wildman–Crippen LogP) is 6.08. The average Bonchev–Trinajstić information content (AvgIpc) is 2.43. The number of benzene rings is 1. The lowest BCUT2D eigenvalue weighted by molar-refractivity contribution is 0.497. The molecule has 0 aliphatic carbocycles. The van der Waals surface area contributed by atoms with E-state index in [1.54, 1.807) is 0 Å². The summed E-state index contributed by atoms with van der Waals surface area (Å²) < 4.78 is 1.25. The highest BCUT2D eigenvalue weighted by molar-refractivity contribution is 9.10. The molecule has 0 saturated heterocycles. The van der Waals surface area contributed by atoms with Crippen LogP contribution in [0.25, 0.3) is 0 Å². The molecule has 0 radical (unpaired) electrons. The maximum atomic E-state index is 3.65. The summed E-state index contributed by atoms with van der Waals surface area (Å²) in [5.74, 6) is 0. The van der Waals surface area contributed by atoms with E-state index in [2.05, 4.69) is 61.2 Å². The zero-order valence-electron chi connectivity index (χ0n) is 13.6. The maximum Gasteiger partial charge on any atom is 0.0317 e. The van der Waals surface area contributed by atoms with Crippen LogP contribution in [-0.4, -0.2) is 7.05 Å². The molecule has 0 aliphatic rings. The normalized spacial score (nSPS) is 12.7. The second kappa shape index (κ2) is 9.57. The van der Waals surface area contributed by atoms with Gasteiger partial charge in [-0.05, 0) is 44.0 Å². The second-order valence-corrected chi connectivity index (χ2v) is 6.66. The second-order valence-electron chi connectivity index (χ2n) is 5.87. The van der Waals surface area contributed by atoms with E-state index in [0.717, 1.165) is 0 Å². The van der Waals surface area contributed by atoms with Gasteiger partial charge in [0.15, 0.2) is 0 Å². The average molecular weight is 340 g/mol. The first-order chi connectivity index (χ1) is 9.60. The van der Waals surface area contributed by atoms with Gasteiger partial charge >= 0.3 is 0 Å². The summed E-state index contributed by atoms with van der Waals surface area (Å²) in [6, 6.07) is 5.12. The Morgan fingerprint density at radius 2 is 1.55 bits per heavy atom. The quantitative estimate of drug-likeness (QED) is 0.537. The molecule has 2 heteroatoms. The molecule has 1 N–H and O–H groups in total. The minimum Gasteiger partial charge on any atom is -0.313 e. The van der Waals surface area contributed by atoms with Gasteiger partial charge in [0.2, 0.25) is 0 Å². The summed E-state index contributed by atoms with van der Waals surface area (Å²) in [7, 11) is 2.08. The predicted molar refractivity (Wildman–Crippen MR) is 93.4 cm³/mol. The molecule has 1 rings (SSSR count). The van der Waals surface area contributed by atoms with E-state index in [9.17, 15) is 0 Å². The molecule has 0 aromatic heterocycles. The van der Waals surface area contributed by atoms with Crippen molar-refractivity contribution in [2.75, 3.05) is 7.05 Å². The van der Waals surface area contributed by atoms with E-state index in [0.29, 0.717) is 6.04 Å². The van der Waals surface area contributed by atoms with E-state index >= 15 is 0 Å². The third kappa shape index (κ3) is 5.57. The van der Waals surface area contributed by atoms with Gasteiger partial charge in [-0.25, -0.2) is 0 Å². The molecule has 1 unspecified atom stereocenters. The first kappa shape index (κ1) is 17.7. The summed E-state index contributed by atoms with van der Waals surface area (Å²) in [5, 5.41) is 3.48. The van der Waals surface area contributed by atoms with Crippen molar-refractivity contribution in [1.29, 1.82) is 0 Å². The maximum absolute atomic E-state index is 3.65. The lowest BCUT2D eigenvalue weighted by Gasteiger charge is -2.19. The van der Waals surface area contributed by atoms with Crippen molar-refractivity contribution in [2.24, 2.45) is 0 Å². The van der Waals surface area contributed by atoms with Gasteiger partial charge in [-0.3, -0.25) is 0 Å². The van der Waals surface area contributed by atoms with Crippen molar-refractivity contribution < 1.29 is 0 Å². The van der Waals surface area contributed by atoms with Crippen LogP contribution in [0.2, 0.25) is 0 Å². The lowest BCUT2D eigenvalue weighted by Crippen LogP contribution is -2.16. The van der Waals surface area contributed by atoms with Crippen molar-refractivity contribution in [3.63, 3.8) is 0 Å².